The number of para-hydroxylation sites is 1. The van der Waals surface area contributed by atoms with Crippen molar-refractivity contribution in [3.05, 3.63) is 64.9 Å². The van der Waals surface area contributed by atoms with Crippen molar-refractivity contribution in [1.29, 1.82) is 0 Å². The van der Waals surface area contributed by atoms with Gasteiger partial charge in [0.05, 0.1) is 46.7 Å². The Morgan fingerprint density at radius 2 is 1.82 bits per heavy atom. The van der Waals surface area contributed by atoms with Crippen LogP contribution >= 0.6 is 0 Å². The van der Waals surface area contributed by atoms with E-state index in [2.05, 4.69) is 16.3 Å². The number of pyridine rings is 1. The van der Waals surface area contributed by atoms with Crippen molar-refractivity contribution in [2.45, 2.75) is 120 Å². The van der Waals surface area contributed by atoms with Crippen LogP contribution in [-0.4, -0.2) is 71.4 Å². The number of nitrogens with zero attached hydrogens (tertiary/aromatic N) is 1. The number of Topliss-reactive ketones (excluding diaryl/α,β-unsaturated/α-hetero) is 1. The van der Waals surface area contributed by atoms with Gasteiger partial charge in [0, 0.05) is 24.1 Å². The van der Waals surface area contributed by atoms with Gasteiger partial charge >= 0.3 is 5.97 Å². The number of sulfonamides is 1. The fourth-order valence-corrected chi connectivity index (χ4v) is 10.9. The fourth-order valence-electron chi connectivity index (χ4n) is 9.53. The molecular weight excluding hydrogens is 723 g/mol. The quantitative estimate of drug-likeness (QED) is 0.276. The minimum Gasteiger partial charge on any atom is -0.473 e. The summed E-state index contributed by atoms with van der Waals surface area (Å²) >= 11 is 0. The lowest BCUT2D eigenvalue weighted by Crippen LogP contribution is -2.47. The second kappa shape index (κ2) is 14.4. The Kier molecular flexibility index (Phi) is 9.82. The number of fused-ring (bicyclic) bond motifs is 5. The number of benzene rings is 1. The first-order valence-corrected chi connectivity index (χ1v) is 21.6. The number of H-pyrrole nitrogens is 1. The van der Waals surface area contributed by atoms with Gasteiger partial charge in [0.25, 0.3) is 0 Å². The molecule has 8 rings (SSSR count). The molecule has 0 radical (unpaired) electrons. The van der Waals surface area contributed by atoms with E-state index in [9.17, 15) is 32.4 Å². The summed E-state index contributed by atoms with van der Waals surface area (Å²) in [6.45, 7) is 5.81. The highest BCUT2D eigenvalue weighted by Gasteiger charge is 2.61. The third-order valence-electron chi connectivity index (χ3n) is 13.3. The van der Waals surface area contributed by atoms with E-state index in [1.807, 2.05) is 31.2 Å². The van der Waals surface area contributed by atoms with E-state index in [0.29, 0.717) is 35.7 Å². The lowest BCUT2D eigenvalue weighted by atomic mass is 9.86. The van der Waals surface area contributed by atoms with Crippen molar-refractivity contribution in [3.63, 3.8) is 0 Å². The first kappa shape index (κ1) is 37.7. The summed E-state index contributed by atoms with van der Waals surface area (Å²) in [5, 5.41) is -0.0842. The first-order valence-electron chi connectivity index (χ1n) is 20.0. The van der Waals surface area contributed by atoms with Crippen LogP contribution in [0.5, 0.6) is 5.88 Å². The number of ketones is 1. The van der Waals surface area contributed by atoms with Gasteiger partial charge in [0.15, 0.2) is 17.1 Å². The zero-order valence-electron chi connectivity index (χ0n) is 31.4. The van der Waals surface area contributed by atoms with Crippen molar-refractivity contribution in [3.8, 4) is 5.88 Å². The van der Waals surface area contributed by atoms with Gasteiger partial charge in [0.2, 0.25) is 21.8 Å². The zero-order chi connectivity index (χ0) is 38.7. The van der Waals surface area contributed by atoms with Crippen LogP contribution in [0.4, 0.5) is 0 Å². The van der Waals surface area contributed by atoms with E-state index in [-0.39, 0.29) is 67.1 Å². The van der Waals surface area contributed by atoms with E-state index < -0.39 is 62.1 Å². The van der Waals surface area contributed by atoms with E-state index in [1.165, 1.54) is 4.90 Å². The molecule has 13 heteroatoms. The molecule has 1 saturated heterocycles. The molecule has 3 heterocycles. The number of hydrogen-bond donors (Lipinski definition) is 2. The van der Waals surface area contributed by atoms with Gasteiger partial charge in [-0.05, 0) is 88.7 Å². The Morgan fingerprint density at radius 3 is 2.55 bits per heavy atom. The number of allylic oxidation sites excluding steroid dienone is 3. The molecule has 1 aromatic carbocycles. The van der Waals surface area contributed by atoms with E-state index in [0.717, 1.165) is 44.9 Å². The zero-order valence-corrected chi connectivity index (χ0v) is 32.2. The molecule has 4 aliphatic carbocycles. The third kappa shape index (κ3) is 7.40. The monoisotopic (exact) mass is 773 g/mol. The fraction of sp³-hybridized carbons (Fsp3) is 0.595. The van der Waals surface area contributed by atoms with Gasteiger partial charge < -0.3 is 19.4 Å². The number of amides is 2. The van der Waals surface area contributed by atoms with Crippen LogP contribution in [0.2, 0.25) is 0 Å². The highest BCUT2D eigenvalue weighted by atomic mass is 32.2. The largest absolute Gasteiger partial charge is 0.473 e. The van der Waals surface area contributed by atoms with Crippen LogP contribution in [0, 0.1) is 29.1 Å². The SMILES string of the molecule is C=C[C@@H]1C[C@]1(CC(=O)[C@@H]1C[C@@H]2CN1C(=O)[C@H](C1CCCC1)CC(=O)O[C@@]1(C)C[C@@H]1CC/C=C/Cc1c([nH]c3ccccc3c1=O)O2)C(=O)NS(=O)(=O)C1CC1. The van der Waals surface area contributed by atoms with Crippen LogP contribution in [0.15, 0.2) is 53.9 Å². The second-order valence-corrected chi connectivity index (χ2v) is 19.1. The van der Waals surface area contributed by atoms with Crippen LogP contribution in [0.3, 0.4) is 0 Å². The van der Waals surface area contributed by atoms with Crippen molar-refractivity contribution in [2.24, 2.45) is 29.1 Å². The van der Waals surface area contributed by atoms with Gasteiger partial charge in [-0.25, -0.2) is 8.42 Å². The molecule has 6 aliphatic rings. The number of hydrogen-bond acceptors (Lipinski definition) is 9. The van der Waals surface area contributed by atoms with Crippen LogP contribution < -0.4 is 14.9 Å². The van der Waals surface area contributed by atoms with Gasteiger partial charge in [-0.15, -0.1) is 6.58 Å². The maximum absolute atomic E-state index is 14.9. The molecule has 2 aliphatic heterocycles. The van der Waals surface area contributed by atoms with Gasteiger partial charge in [-0.2, -0.15) is 0 Å². The Labute approximate surface area is 321 Å². The van der Waals surface area contributed by atoms with Crippen LogP contribution in [-0.2, 0) is 40.4 Å². The topological polar surface area (TPSA) is 169 Å². The Morgan fingerprint density at radius 1 is 1.05 bits per heavy atom. The molecular formula is C42H51N3O9S. The molecule has 294 valence electrons. The molecule has 2 bridgehead atoms. The Balaban J connectivity index is 1.14. The number of aromatic amines is 1. The molecule has 7 atom stereocenters. The normalized spacial score (nSPS) is 33.3. The predicted molar refractivity (Wildman–Crippen MR) is 204 cm³/mol. The summed E-state index contributed by atoms with van der Waals surface area (Å²) in [7, 11) is -3.86. The molecule has 0 spiro atoms. The summed E-state index contributed by atoms with van der Waals surface area (Å²) in [6, 6.07) is 6.20. The van der Waals surface area contributed by atoms with Crippen molar-refractivity contribution in [2.75, 3.05) is 6.54 Å². The van der Waals surface area contributed by atoms with Crippen molar-refractivity contribution < 1.29 is 37.1 Å². The lowest BCUT2D eigenvalue weighted by Gasteiger charge is -2.31. The third-order valence-corrected chi connectivity index (χ3v) is 15.1. The van der Waals surface area contributed by atoms with Crippen molar-refractivity contribution >= 4 is 44.5 Å². The number of aromatic nitrogens is 1. The maximum Gasteiger partial charge on any atom is 0.307 e. The van der Waals surface area contributed by atoms with E-state index in [4.69, 9.17) is 9.47 Å². The highest BCUT2D eigenvalue weighted by Crippen LogP contribution is 2.57. The molecule has 2 N–H and O–H groups in total. The maximum atomic E-state index is 14.9. The molecule has 12 nitrogen and oxygen atoms in total. The number of carbonyl (C=O) groups is 4. The smallest absolute Gasteiger partial charge is 0.307 e. The molecule has 2 aromatic rings. The van der Waals surface area contributed by atoms with E-state index >= 15 is 0 Å². The molecule has 0 unspecified atom stereocenters. The number of nitrogens with one attached hydrogen (secondary N) is 2. The average molecular weight is 774 g/mol. The minimum absolute atomic E-state index is 0.0254. The highest BCUT2D eigenvalue weighted by molar-refractivity contribution is 7.90. The summed E-state index contributed by atoms with van der Waals surface area (Å²) in [5.41, 5.74) is -1.02. The average Bonchev–Trinajstić information content (AvgIpc) is 4.11. The lowest BCUT2D eigenvalue weighted by molar-refractivity contribution is -0.157. The molecule has 55 heavy (non-hydrogen) atoms. The van der Waals surface area contributed by atoms with Crippen molar-refractivity contribution in [1.82, 2.24) is 14.6 Å². The molecule has 5 fully saturated rings. The summed E-state index contributed by atoms with van der Waals surface area (Å²) in [4.78, 5) is 75.4. The second-order valence-electron chi connectivity index (χ2n) is 17.1. The van der Waals surface area contributed by atoms with Crippen LogP contribution in [0.1, 0.15) is 96.0 Å². The standard InChI is InChI=1S/C42H51N3O9S/c1-3-26-22-42(26,40(50)44-55(51,52)29-17-18-29)23-35(46)34-19-28-24-45(34)39(49)32(25-11-7-8-12-25)20-36(47)54-41(2)21-27(41)13-5-4-6-15-31-37(48)30-14-9-10-16-33(30)43-38(31)53-28/h3-4,6,9-10,14,16,25-29,32,34H,1,5,7-8,11-13,15,17-24H2,2H3,(H,43,48)(H,44,50)/b6-4+/t26-,27+,28-,32+,34+,41+,42-/m1/s1. The number of carbonyl (C=O) groups excluding carboxylic acids is 4. The van der Waals surface area contributed by atoms with Crippen LogP contribution in [0.25, 0.3) is 10.9 Å². The number of esters is 1. The van der Waals surface area contributed by atoms with Gasteiger partial charge in [0.1, 0.15) is 11.7 Å². The molecule has 1 aromatic heterocycles. The number of rotatable bonds is 8. The van der Waals surface area contributed by atoms with Gasteiger partial charge in [-0.3, -0.25) is 28.7 Å². The Hall–Kier alpha value is -4.26. The first-order chi connectivity index (χ1) is 26.3. The molecule has 2 amide bonds. The van der Waals surface area contributed by atoms with Gasteiger partial charge in [-0.1, -0.05) is 43.2 Å². The summed E-state index contributed by atoms with van der Waals surface area (Å²) < 4.78 is 40.5. The summed E-state index contributed by atoms with van der Waals surface area (Å²) in [6.07, 6.45) is 11.9. The molecule has 4 saturated carbocycles. The predicted octanol–water partition coefficient (Wildman–Crippen LogP) is 5.05. The number of ether oxygens (including phenoxy) is 2. The summed E-state index contributed by atoms with van der Waals surface area (Å²) in [5.74, 6) is -2.54. The Bertz CT molecular complexity index is 2120. The minimum atomic E-state index is -3.86. The van der Waals surface area contributed by atoms with E-state index in [1.54, 1.807) is 18.2 Å².